The minimum atomic E-state index is 0.705. The first-order valence-electron chi connectivity index (χ1n) is 11.4. The van der Waals surface area contributed by atoms with Crippen LogP contribution in [0.15, 0.2) is 66.3 Å². The van der Waals surface area contributed by atoms with Gasteiger partial charge in [0.2, 0.25) is 0 Å². The van der Waals surface area contributed by atoms with Gasteiger partial charge in [-0.3, -0.25) is 0 Å². The fourth-order valence-electron chi connectivity index (χ4n) is 5.04. The van der Waals surface area contributed by atoms with Crippen LogP contribution in [0.25, 0.3) is 11.1 Å². The van der Waals surface area contributed by atoms with Gasteiger partial charge in [-0.15, -0.1) is 0 Å². The summed E-state index contributed by atoms with van der Waals surface area (Å²) in [5, 5.41) is 0. The van der Waals surface area contributed by atoms with E-state index in [1.807, 2.05) is 0 Å². The third-order valence-corrected chi connectivity index (χ3v) is 6.64. The van der Waals surface area contributed by atoms with E-state index < -0.39 is 0 Å². The number of hydrogen-bond donors (Lipinski definition) is 0. The summed E-state index contributed by atoms with van der Waals surface area (Å²) < 4.78 is 0. The normalized spacial score (nSPS) is 15.4. The fraction of sp³-hybridized carbons (Fsp3) is 0.429. The topological polar surface area (TPSA) is 0 Å². The highest BCUT2D eigenvalue weighted by molar-refractivity contribution is 5.77. The first-order valence-corrected chi connectivity index (χ1v) is 11.4. The van der Waals surface area contributed by atoms with Crippen LogP contribution in [-0.2, 0) is 12.8 Å². The van der Waals surface area contributed by atoms with Crippen LogP contribution in [0.5, 0.6) is 0 Å². The maximum absolute atomic E-state index is 2.39. The molecule has 0 aromatic heterocycles. The molecule has 146 valence electrons. The Morgan fingerprint density at radius 2 is 1.68 bits per heavy atom. The van der Waals surface area contributed by atoms with Crippen molar-refractivity contribution in [3.05, 3.63) is 83.0 Å². The van der Waals surface area contributed by atoms with Crippen LogP contribution in [0.3, 0.4) is 0 Å². The molecule has 0 heterocycles. The number of fused-ring (bicyclic) bond motifs is 3. The molecule has 2 aromatic rings. The van der Waals surface area contributed by atoms with E-state index >= 15 is 0 Å². The molecule has 0 spiro atoms. The van der Waals surface area contributed by atoms with E-state index in [4.69, 9.17) is 0 Å². The first-order chi connectivity index (χ1) is 13.9. The van der Waals surface area contributed by atoms with Gasteiger partial charge in [-0.25, -0.2) is 0 Å². The monoisotopic (exact) mass is 370 g/mol. The Morgan fingerprint density at radius 3 is 2.54 bits per heavy atom. The molecule has 0 N–H and O–H groups in total. The van der Waals surface area contributed by atoms with E-state index in [9.17, 15) is 0 Å². The van der Waals surface area contributed by atoms with Crippen molar-refractivity contribution >= 4 is 0 Å². The molecule has 0 amide bonds. The number of hydrogen-bond acceptors (Lipinski definition) is 0. The molecule has 1 atom stereocenters. The highest BCUT2D eigenvalue weighted by Gasteiger charge is 2.23. The third-order valence-electron chi connectivity index (χ3n) is 6.64. The standard InChI is InChI=1S/C28H34/c1-2-3-4-5-6-7-15-23(22-13-8-9-14-22)20-24-17-12-19-27-26-18-11-10-16-25(26)21-28(24)27/h8-13,16-19,23H,2-7,14-15,20-21H2,1H3. The lowest BCUT2D eigenvalue weighted by molar-refractivity contribution is 0.494. The Kier molecular flexibility index (Phi) is 6.47. The minimum absolute atomic E-state index is 0.705. The average molecular weight is 371 g/mol. The second-order valence-corrected chi connectivity index (χ2v) is 8.61. The van der Waals surface area contributed by atoms with E-state index in [1.54, 1.807) is 16.7 Å². The highest BCUT2D eigenvalue weighted by Crippen LogP contribution is 2.40. The molecule has 2 aliphatic carbocycles. The van der Waals surface area contributed by atoms with Crippen LogP contribution in [0, 0.1) is 5.92 Å². The van der Waals surface area contributed by atoms with Crippen molar-refractivity contribution in [1.29, 1.82) is 0 Å². The lowest BCUT2D eigenvalue weighted by Gasteiger charge is -2.20. The van der Waals surface area contributed by atoms with Gasteiger partial charge in [0.05, 0.1) is 0 Å². The molecule has 4 rings (SSSR count). The molecule has 0 nitrogen and oxygen atoms in total. The van der Waals surface area contributed by atoms with Crippen molar-refractivity contribution in [2.24, 2.45) is 5.92 Å². The molecule has 0 aliphatic heterocycles. The van der Waals surface area contributed by atoms with Crippen molar-refractivity contribution in [2.75, 3.05) is 0 Å². The van der Waals surface area contributed by atoms with Gasteiger partial charge in [0.1, 0.15) is 0 Å². The van der Waals surface area contributed by atoms with E-state index in [0.29, 0.717) is 5.92 Å². The van der Waals surface area contributed by atoms with Crippen molar-refractivity contribution < 1.29 is 0 Å². The lowest BCUT2D eigenvalue weighted by Crippen LogP contribution is -2.09. The molecule has 0 saturated carbocycles. The van der Waals surface area contributed by atoms with Gasteiger partial charge < -0.3 is 0 Å². The molecule has 2 aromatic carbocycles. The summed E-state index contributed by atoms with van der Waals surface area (Å²) in [7, 11) is 0. The predicted octanol–water partition coefficient (Wildman–Crippen LogP) is 8.05. The van der Waals surface area contributed by atoms with Gasteiger partial charge in [0.15, 0.2) is 0 Å². The van der Waals surface area contributed by atoms with Gasteiger partial charge in [-0.1, -0.05) is 112 Å². The number of benzene rings is 2. The van der Waals surface area contributed by atoms with Crippen LogP contribution >= 0.6 is 0 Å². The van der Waals surface area contributed by atoms with Gasteiger partial charge in [0, 0.05) is 0 Å². The summed E-state index contributed by atoms with van der Waals surface area (Å²) in [5.41, 5.74) is 9.25. The van der Waals surface area contributed by atoms with Crippen LogP contribution in [0.1, 0.15) is 75.0 Å². The predicted molar refractivity (Wildman–Crippen MR) is 122 cm³/mol. The molecule has 0 heteroatoms. The van der Waals surface area contributed by atoms with Crippen LogP contribution < -0.4 is 0 Å². The Labute approximate surface area is 171 Å². The van der Waals surface area contributed by atoms with Crippen molar-refractivity contribution in [1.82, 2.24) is 0 Å². The van der Waals surface area contributed by atoms with Gasteiger partial charge in [-0.05, 0) is 59.4 Å². The second-order valence-electron chi connectivity index (χ2n) is 8.61. The fourth-order valence-corrected chi connectivity index (χ4v) is 5.04. The van der Waals surface area contributed by atoms with Crippen LogP contribution in [0.2, 0.25) is 0 Å². The quantitative estimate of drug-likeness (QED) is 0.317. The summed E-state index contributed by atoms with van der Waals surface area (Å²) in [4.78, 5) is 0. The third kappa shape index (κ3) is 4.32. The summed E-state index contributed by atoms with van der Waals surface area (Å²) in [5.74, 6) is 0.705. The number of rotatable bonds is 10. The Bertz CT molecular complexity index is 852. The maximum atomic E-state index is 2.39. The summed E-state index contributed by atoms with van der Waals surface area (Å²) in [6.45, 7) is 2.30. The van der Waals surface area contributed by atoms with Crippen molar-refractivity contribution in [2.45, 2.75) is 71.1 Å². The SMILES string of the molecule is CCCCCCCCC(Cc1cccc2c1Cc1ccccc1-2)C1=CC=CC1. The van der Waals surface area contributed by atoms with Gasteiger partial charge >= 0.3 is 0 Å². The molecule has 2 aliphatic rings. The number of allylic oxidation sites excluding steroid dienone is 4. The van der Waals surface area contributed by atoms with E-state index in [0.717, 1.165) is 12.8 Å². The second kappa shape index (κ2) is 9.41. The van der Waals surface area contributed by atoms with E-state index in [-0.39, 0.29) is 0 Å². The van der Waals surface area contributed by atoms with Gasteiger partial charge in [-0.2, -0.15) is 0 Å². The molecule has 1 unspecified atom stereocenters. The number of unbranched alkanes of at least 4 members (excludes halogenated alkanes) is 5. The highest BCUT2D eigenvalue weighted by atomic mass is 14.3. The minimum Gasteiger partial charge on any atom is -0.0805 e. The first kappa shape index (κ1) is 19.2. The average Bonchev–Trinajstić information content (AvgIpc) is 3.38. The molecule has 0 bridgehead atoms. The van der Waals surface area contributed by atoms with E-state index in [2.05, 4.69) is 67.6 Å². The van der Waals surface area contributed by atoms with Crippen molar-refractivity contribution in [3.63, 3.8) is 0 Å². The zero-order valence-electron chi connectivity index (χ0n) is 17.4. The summed E-state index contributed by atoms with van der Waals surface area (Å²) in [6, 6.07) is 15.9. The molecular formula is C28H34. The zero-order chi connectivity index (χ0) is 19.2. The maximum Gasteiger partial charge on any atom is -0.00107 e. The largest absolute Gasteiger partial charge is 0.0805 e. The summed E-state index contributed by atoms with van der Waals surface area (Å²) >= 11 is 0. The van der Waals surface area contributed by atoms with Crippen LogP contribution in [0.4, 0.5) is 0 Å². The summed E-state index contributed by atoms with van der Waals surface area (Å²) in [6.07, 6.45) is 20.1. The molecular weight excluding hydrogens is 336 g/mol. The molecule has 0 saturated heterocycles. The van der Waals surface area contributed by atoms with Gasteiger partial charge in [0.25, 0.3) is 0 Å². The van der Waals surface area contributed by atoms with Crippen molar-refractivity contribution in [3.8, 4) is 11.1 Å². The van der Waals surface area contributed by atoms with E-state index in [1.165, 1.54) is 68.1 Å². The molecule has 0 radical (unpaired) electrons. The lowest BCUT2D eigenvalue weighted by atomic mass is 9.84. The Morgan fingerprint density at radius 1 is 0.857 bits per heavy atom. The van der Waals surface area contributed by atoms with Crippen LogP contribution in [-0.4, -0.2) is 0 Å². The zero-order valence-corrected chi connectivity index (χ0v) is 17.4. The smallest absolute Gasteiger partial charge is 0.00107 e. The molecule has 0 fully saturated rings. The Balaban J connectivity index is 1.46. The Hall–Kier alpha value is -2.08. The molecule has 28 heavy (non-hydrogen) atoms.